The van der Waals surface area contributed by atoms with E-state index in [2.05, 4.69) is 10.1 Å². The van der Waals surface area contributed by atoms with Crippen LogP contribution >= 0.6 is 0 Å². The van der Waals surface area contributed by atoms with E-state index in [1.807, 2.05) is 0 Å². The molecule has 0 heterocycles. The molecule has 0 aliphatic heterocycles. The van der Waals surface area contributed by atoms with E-state index in [9.17, 15) is 9.90 Å². The lowest BCUT2D eigenvalue weighted by atomic mass is 10.1. The van der Waals surface area contributed by atoms with E-state index < -0.39 is 12.1 Å². The summed E-state index contributed by atoms with van der Waals surface area (Å²) in [6.45, 7) is -0.155. The van der Waals surface area contributed by atoms with Crippen molar-refractivity contribution in [3.63, 3.8) is 0 Å². The van der Waals surface area contributed by atoms with Crippen LogP contribution in [0, 0.1) is 0 Å². The fourth-order valence-electron chi connectivity index (χ4n) is 1.22. The van der Waals surface area contributed by atoms with Gasteiger partial charge in [-0.25, -0.2) is 4.79 Å². The molecule has 1 aromatic rings. The van der Waals surface area contributed by atoms with Crippen molar-refractivity contribution in [2.24, 2.45) is 0 Å². The highest BCUT2D eigenvalue weighted by molar-refractivity contribution is 5.95. The summed E-state index contributed by atoms with van der Waals surface area (Å²) < 4.78 is 4.62. The fraction of sp³-hybridized carbons (Fsp3) is 0.364. The number of methoxy groups -OCH3 is 1. The number of hydrogen-bond acceptors (Lipinski definition) is 5. The zero-order valence-corrected chi connectivity index (χ0v) is 9.01. The Balaban J connectivity index is 2.75. The molecule has 5 heteroatoms. The first kappa shape index (κ1) is 12.5. The predicted molar refractivity (Wildman–Crippen MR) is 59.4 cm³/mol. The normalized spacial score (nSPS) is 11.9. The van der Waals surface area contributed by atoms with E-state index in [-0.39, 0.29) is 13.2 Å². The summed E-state index contributed by atoms with van der Waals surface area (Å²) >= 11 is 0. The van der Waals surface area contributed by atoms with Gasteiger partial charge in [0.2, 0.25) is 0 Å². The summed E-state index contributed by atoms with van der Waals surface area (Å²) in [4.78, 5) is 11.4. The van der Waals surface area contributed by atoms with Crippen LogP contribution in [0.25, 0.3) is 0 Å². The molecule has 0 spiro atoms. The van der Waals surface area contributed by atoms with Crippen molar-refractivity contribution in [2.45, 2.75) is 6.10 Å². The number of aliphatic hydroxyl groups is 2. The maximum absolute atomic E-state index is 11.4. The molecule has 0 radical (unpaired) electrons. The summed E-state index contributed by atoms with van der Waals surface area (Å²) in [5.74, 6) is -0.443. The van der Waals surface area contributed by atoms with Crippen LogP contribution in [-0.4, -0.2) is 42.5 Å². The van der Waals surface area contributed by atoms with Gasteiger partial charge in [0.1, 0.15) is 0 Å². The lowest BCUT2D eigenvalue weighted by Crippen LogP contribution is -2.23. The first-order valence-corrected chi connectivity index (χ1v) is 4.89. The predicted octanol–water partition coefficient (Wildman–Crippen LogP) is 0.238. The Bertz CT molecular complexity index is 354. The highest BCUT2D eigenvalue weighted by atomic mass is 16.5. The average Bonchev–Trinajstić information content (AvgIpc) is 2.35. The molecule has 16 heavy (non-hydrogen) atoms. The van der Waals surface area contributed by atoms with Gasteiger partial charge in [0.25, 0.3) is 0 Å². The van der Waals surface area contributed by atoms with Gasteiger partial charge in [-0.15, -0.1) is 0 Å². The van der Waals surface area contributed by atoms with Crippen LogP contribution in [0.1, 0.15) is 10.4 Å². The standard InChI is InChI=1S/C11H15NO4/c1-16-11(15)9-4-2-3-5-10(9)12-6-8(14)7-13/h2-5,8,12-14H,6-7H2,1H3. The number of carbonyl (C=O) groups is 1. The largest absolute Gasteiger partial charge is 0.465 e. The number of para-hydroxylation sites is 1. The van der Waals surface area contributed by atoms with Crippen LogP contribution in [0.2, 0.25) is 0 Å². The smallest absolute Gasteiger partial charge is 0.339 e. The molecule has 0 fully saturated rings. The highest BCUT2D eigenvalue weighted by Crippen LogP contribution is 2.15. The zero-order chi connectivity index (χ0) is 12.0. The van der Waals surface area contributed by atoms with E-state index >= 15 is 0 Å². The first-order valence-electron chi connectivity index (χ1n) is 4.89. The molecule has 1 unspecified atom stereocenters. The second-order valence-electron chi connectivity index (χ2n) is 3.25. The van der Waals surface area contributed by atoms with Gasteiger partial charge in [-0.2, -0.15) is 0 Å². The highest BCUT2D eigenvalue weighted by Gasteiger charge is 2.11. The Morgan fingerprint density at radius 2 is 2.19 bits per heavy atom. The lowest BCUT2D eigenvalue weighted by Gasteiger charge is -2.12. The number of nitrogens with one attached hydrogen (secondary N) is 1. The van der Waals surface area contributed by atoms with Crippen LogP contribution in [0.15, 0.2) is 24.3 Å². The molecule has 88 valence electrons. The van der Waals surface area contributed by atoms with Crippen molar-refractivity contribution < 1.29 is 19.7 Å². The van der Waals surface area contributed by atoms with Gasteiger partial charge in [0.05, 0.1) is 25.4 Å². The second-order valence-corrected chi connectivity index (χ2v) is 3.25. The Kier molecular flexibility index (Phi) is 4.75. The monoisotopic (exact) mass is 225 g/mol. The number of esters is 1. The molecular formula is C11H15NO4. The van der Waals surface area contributed by atoms with E-state index in [4.69, 9.17) is 5.11 Å². The molecule has 0 saturated heterocycles. The SMILES string of the molecule is COC(=O)c1ccccc1NCC(O)CO. The number of benzene rings is 1. The average molecular weight is 225 g/mol. The second kappa shape index (κ2) is 6.09. The molecule has 1 rings (SSSR count). The van der Waals surface area contributed by atoms with Crippen LogP contribution in [-0.2, 0) is 4.74 Å². The summed E-state index contributed by atoms with van der Waals surface area (Å²) in [6, 6.07) is 6.82. The Hall–Kier alpha value is -1.59. The fourth-order valence-corrected chi connectivity index (χ4v) is 1.22. The minimum absolute atomic E-state index is 0.171. The quantitative estimate of drug-likeness (QED) is 0.625. The molecule has 0 amide bonds. The van der Waals surface area contributed by atoms with Gasteiger partial charge in [0.15, 0.2) is 0 Å². The van der Waals surface area contributed by atoms with Gasteiger partial charge < -0.3 is 20.3 Å². The third kappa shape index (κ3) is 3.22. The van der Waals surface area contributed by atoms with Gasteiger partial charge in [-0.3, -0.25) is 0 Å². The number of aliphatic hydroxyl groups excluding tert-OH is 2. The van der Waals surface area contributed by atoms with E-state index in [1.165, 1.54) is 7.11 Å². The van der Waals surface area contributed by atoms with Gasteiger partial charge in [0, 0.05) is 12.2 Å². The topological polar surface area (TPSA) is 78.8 Å². The Labute approximate surface area is 93.7 Å². The van der Waals surface area contributed by atoms with E-state index in [0.717, 1.165) is 0 Å². The lowest BCUT2D eigenvalue weighted by molar-refractivity contribution is 0.0601. The number of hydrogen-bond donors (Lipinski definition) is 3. The van der Waals surface area contributed by atoms with Crippen molar-refractivity contribution >= 4 is 11.7 Å². The molecule has 0 aliphatic carbocycles. The third-order valence-corrected chi connectivity index (χ3v) is 2.07. The van der Waals surface area contributed by atoms with Crippen LogP contribution in [0.4, 0.5) is 5.69 Å². The maximum Gasteiger partial charge on any atom is 0.339 e. The van der Waals surface area contributed by atoms with Gasteiger partial charge >= 0.3 is 5.97 Å². The number of carbonyl (C=O) groups excluding carboxylic acids is 1. The molecule has 0 bridgehead atoms. The summed E-state index contributed by atoms with van der Waals surface area (Å²) in [5, 5.41) is 20.7. The minimum Gasteiger partial charge on any atom is -0.465 e. The van der Waals surface area contributed by atoms with Crippen molar-refractivity contribution in [3.8, 4) is 0 Å². The van der Waals surface area contributed by atoms with Crippen molar-refractivity contribution in [3.05, 3.63) is 29.8 Å². The number of rotatable bonds is 5. The van der Waals surface area contributed by atoms with Crippen LogP contribution in [0.5, 0.6) is 0 Å². The molecule has 5 nitrogen and oxygen atoms in total. The molecular weight excluding hydrogens is 210 g/mol. The van der Waals surface area contributed by atoms with Crippen LogP contribution < -0.4 is 5.32 Å². The molecule has 1 aromatic carbocycles. The molecule has 1 atom stereocenters. The first-order chi connectivity index (χ1) is 7.69. The third-order valence-electron chi connectivity index (χ3n) is 2.07. The molecule has 0 aromatic heterocycles. The zero-order valence-electron chi connectivity index (χ0n) is 9.01. The molecule has 0 aliphatic rings. The summed E-state index contributed by atoms with van der Waals surface area (Å²) in [5.41, 5.74) is 0.969. The van der Waals surface area contributed by atoms with Crippen molar-refractivity contribution in [1.29, 1.82) is 0 Å². The number of anilines is 1. The maximum atomic E-state index is 11.4. The molecule has 0 saturated carbocycles. The van der Waals surface area contributed by atoms with Gasteiger partial charge in [-0.05, 0) is 12.1 Å². The van der Waals surface area contributed by atoms with Crippen molar-refractivity contribution in [2.75, 3.05) is 25.6 Å². The van der Waals surface area contributed by atoms with E-state index in [1.54, 1.807) is 24.3 Å². The summed E-state index contributed by atoms with van der Waals surface area (Å²) in [7, 11) is 1.31. The Morgan fingerprint density at radius 3 is 2.81 bits per heavy atom. The number of ether oxygens (including phenoxy) is 1. The molecule has 3 N–H and O–H groups in total. The Morgan fingerprint density at radius 1 is 1.50 bits per heavy atom. The van der Waals surface area contributed by atoms with Crippen molar-refractivity contribution in [1.82, 2.24) is 0 Å². The summed E-state index contributed by atoms with van der Waals surface area (Å²) in [6.07, 6.45) is -0.856. The van der Waals surface area contributed by atoms with Gasteiger partial charge in [-0.1, -0.05) is 12.1 Å². The van der Waals surface area contributed by atoms with E-state index in [0.29, 0.717) is 11.3 Å². The minimum atomic E-state index is -0.856. The van der Waals surface area contributed by atoms with Crippen LogP contribution in [0.3, 0.4) is 0 Å².